The molecule has 0 radical (unpaired) electrons. The van der Waals surface area contributed by atoms with Crippen LogP contribution in [-0.4, -0.2) is 51.0 Å². The number of carbonyl (C=O) groups excluding carboxylic acids is 1. The van der Waals surface area contributed by atoms with Gasteiger partial charge in [0.2, 0.25) is 10.0 Å². The number of carbonyl (C=O) groups is 1. The Bertz CT molecular complexity index is 981. The van der Waals surface area contributed by atoms with Gasteiger partial charge in [0.25, 0.3) is 5.91 Å². The number of hydrogen-bond donors (Lipinski definition) is 1. The largest absolute Gasteiger partial charge is 0.496 e. The summed E-state index contributed by atoms with van der Waals surface area (Å²) < 4.78 is 38.3. The summed E-state index contributed by atoms with van der Waals surface area (Å²) in [7, 11) is -2.05. The SMILES string of the molecule is COc1ccccc1[C@@H](C)NC(=O)c1ccc(S(=O)(=O)N2C[C@@H](C)O[C@@H](C)C2)cc1. The van der Waals surface area contributed by atoms with Crippen LogP contribution in [0.3, 0.4) is 0 Å². The molecule has 1 aliphatic rings. The Morgan fingerprint density at radius 2 is 1.70 bits per heavy atom. The Balaban J connectivity index is 1.72. The van der Waals surface area contributed by atoms with Gasteiger partial charge in [0.05, 0.1) is 30.3 Å². The molecule has 7 nitrogen and oxygen atoms in total. The molecule has 30 heavy (non-hydrogen) atoms. The number of para-hydroxylation sites is 1. The van der Waals surface area contributed by atoms with Crippen LogP contribution in [0.15, 0.2) is 53.4 Å². The molecule has 1 heterocycles. The Hall–Kier alpha value is -2.42. The van der Waals surface area contributed by atoms with Gasteiger partial charge in [-0.2, -0.15) is 4.31 Å². The number of amides is 1. The van der Waals surface area contributed by atoms with Crippen LogP contribution < -0.4 is 10.1 Å². The first-order chi connectivity index (χ1) is 14.2. The van der Waals surface area contributed by atoms with Crippen LogP contribution in [-0.2, 0) is 14.8 Å². The Kier molecular flexibility index (Phi) is 6.80. The van der Waals surface area contributed by atoms with E-state index in [0.29, 0.717) is 24.4 Å². The van der Waals surface area contributed by atoms with E-state index in [1.54, 1.807) is 7.11 Å². The standard InChI is InChI=1S/C22H28N2O5S/c1-15-13-24(14-16(2)29-15)30(26,27)19-11-9-18(10-12-19)22(25)23-17(3)20-7-5-6-8-21(20)28-4/h5-12,15-17H,13-14H2,1-4H3,(H,23,25)/t15-,16+,17-/m1/s1. The highest BCUT2D eigenvalue weighted by Gasteiger charge is 2.32. The maximum Gasteiger partial charge on any atom is 0.251 e. The van der Waals surface area contributed by atoms with Crippen molar-refractivity contribution in [2.75, 3.05) is 20.2 Å². The van der Waals surface area contributed by atoms with Crippen molar-refractivity contribution in [2.45, 2.75) is 43.9 Å². The average Bonchev–Trinajstić information content (AvgIpc) is 2.73. The van der Waals surface area contributed by atoms with E-state index in [0.717, 1.165) is 5.56 Å². The summed E-state index contributed by atoms with van der Waals surface area (Å²) in [6.45, 7) is 6.20. The van der Waals surface area contributed by atoms with Crippen LogP contribution in [0.5, 0.6) is 5.75 Å². The van der Waals surface area contributed by atoms with E-state index in [2.05, 4.69) is 5.32 Å². The van der Waals surface area contributed by atoms with Gasteiger partial charge in [-0.15, -0.1) is 0 Å². The number of hydrogen-bond acceptors (Lipinski definition) is 5. The minimum absolute atomic E-state index is 0.162. The highest BCUT2D eigenvalue weighted by Crippen LogP contribution is 2.25. The van der Waals surface area contributed by atoms with Gasteiger partial charge in [0.1, 0.15) is 5.75 Å². The van der Waals surface area contributed by atoms with E-state index in [1.807, 2.05) is 45.0 Å². The minimum Gasteiger partial charge on any atom is -0.496 e. The van der Waals surface area contributed by atoms with Crippen molar-refractivity contribution in [1.29, 1.82) is 0 Å². The summed E-state index contributed by atoms with van der Waals surface area (Å²) in [6.07, 6.45) is -0.324. The summed E-state index contributed by atoms with van der Waals surface area (Å²) in [5.41, 5.74) is 1.25. The highest BCUT2D eigenvalue weighted by molar-refractivity contribution is 7.89. The van der Waals surface area contributed by atoms with Gasteiger partial charge in [0, 0.05) is 24.2 Å². The number of benzene rings is 2. The number of ether oxygens (including phenoxy) is 2. The molecule has 1 aliphatic heterocycles. The van der Waals surface area contributed by atoms with Crippen molar-refractivity contribution in [3.63, 3.8) is 0 Å². The summed E-state index contributed by atoms with van der Waals surface area (Å²) in [4.78, 5) is 12.8. The first kappa shape index (κ1) is 22.3. The molecule has 0 aliphatic carbocycles. The molecule has 0 spiro atoms. The molecule has 0 aromatic heterocycles. The van der Waals surface area contributed by atoms with Crippen LogP contribution >= 0.6 is 0 Å². The van der Waals surface area contributed by atoms with E-state index in [1.165, 1.54) is 28.6 Å². The zero-order valence-corrected chi connectivity index (χ0v) is 18.5. The lowest BCUT2D eigenvalue weighted by molar-refractivity contribution is -0.0440. The molecule has 3 atom stereocenters. The molecule has 0 saturated carbocycles. The molecule has 0 unspecified atom stereocenters. The smallest absolute Gasteiger partial charge is 0.251 e. The second-order valence-corrected chi connectivity index (χ2v) is 9.48. The molecule has 1 amide bonds. The van der Waals surface area contributed by atoms with Crippen molar-refractivity contribution < 1.29 is 22.7 Å². The van der Waals surface area contributed by atoms with Gasteiger partial charge in [-0.05, 0) is 51.1 Å². The van der Waals surface area contributed by atoms with E-state index in [9.17, 15) is 13.2 Å². The molecule has 0 bridgehead atoms. The molecule has 2 aromatic rings. The van der Waals surface area contributed by atoms with Gasteiger partial charge in [0.15, 0.2) is 0 Å². The predicted molar refractivity (Wildman–Crippen MR) is 114 cm³/mol. The Morgan fingerprint density at radius 3 is 2.30 bits per heavy atom. The van der Waals surface area contributed by atoms with Crippen LogP contribution in [0.25, 0.3) is 0 Å². The molecule has 1 saturated heterocycles. The fourth-order valence-electron chi connectivity index (χ4n) is 3.64. The lowest BCUT2D eigenvalue weighted by Crippen LogP contribution is -2.48. The van der Waals surface area contributed by atoms with Gasteiger partial charge in [-0.25, -0.2) is 8.42 Å². The van der Waals surface area contributed by atoms with Gasteiger partial charge < -0.3 is 14.8 Å². The van der Waals surface area contributed by atoms with Crippen LogP contribution in [0.1, 0.15) is 42.7 Å². The molecule has 1 fully saturated rings. The van der Waals surface area contributed by atoms with Crippen molar-refractivity contribution >= 4 is 15.9 Å². The van der Waals surface area contributed by atoms with E-state index in [-0.39, 0.29) is 29.1 Å². The van der Waals surface area contributed by atoms with Gasteiger partial charge in [-0.1, -0.05) is 18.2 Å². The first-order valence-electron chi connectivity index (χ1n) is 9.92. The van der Waals surface area contributed by atoms with Crippen LogP contribution in [0, 0.1) is 0 Å². The summed E-state index contributed by atoms with van der Waals surface area (Å²) in [6, 6.07) is 13.2. The van der Waals surface area contributed by atoms with E-state index in [4.69, 9.17) is 9.47 Å². The van der Waals surface area contributed by atoms with Gasteiger partial charge in [-0.3, -0.25) is 4.79 Å². The molecule has 162 valence electrons. The third kappa shape index (κ3) is 4.83. The molecular formula is C22H28N2O5S. The lowest BCUT2D eigenvalue weighted by atomic mass is 10.1. The number of sulfonamides is 1. The number of morpholine rings is 1. The maximum absolute atomic E-state index is 12.9. The summed E-state index contributed by atoms with van der Waals surface area (Å²) in [5.74, 6) is 0.409. The number of nitrogens with zero attached hydrogens (tertiary/aromatic N) is 1. The van der Waals surface area contributed by atoms with Crippen molar-refractivity contribution in [1.82, 2.24) is 9.62 Å². The number of rotatable bonds is 6. The first-order valence-corrected chi connectivity index (χ1v) is 11.4. The molecular weight excluding hydrogens is 404 g/mol. The Morgan fingerprint density at radius 1 is 1.10 bits per heavy atom. The number of nitrogens with one attached hydrogen (secondary N) is 1. The maximum atomic E-state index is 12.9. The average molecular weight is 433 g/mol. The zero-order chi connectivity index (χ0) is 21.9. The predicted octanol–water partition coefficient (Wildman–Crippen LogP) is 2.98. The lowest BCUT2D eigenvalue weighted by Gasteiger charge is -2.34. The third-order valence-corrected chi connectivity index (χ3v) is 6.94. The van der Waals surface area contributed by atoms with E-state index < -0.39 is 10.0 Å². The monoisotopic (exact) mass is 432 g/mol. The van der Waals surface area contributed by atoms with Crippen LogP contribution in [0.4, 0.5) is 0 Å². The molecule has 8 heteroatoms. The Labute approximate surface area is 178 Å². The second kappa shape index (κ2) is 9.16. The zero-order valence-electron chi connectivity index (χ0n) is 17.7. The summed E-state index contributed by atoms with van der Waals surface area (Å²) in [5, 5.41) is 2.93. The quantitative estimate of drug-likeness (QED) is 0.759. The van der Waals surface area contributed by atoms with Crippen molar-refractivity contribution in [3.05, 3.63) is 59.7 Å². The molecule has 1 N–H and O–H groups in total. The van der Waals surface area contributed by atoms with Crippen LogP contribution in [0.2, 0.25) is 0 Å². The fraction of sp³-hybridized carbons (Fsp3) is 0.409. The number of methoxy groups -OCH3 is 1. The second-order valence-electron chi connectivity index (χ2n) is 7.54. The normalized spacial score (nSPS) is 21.1. The van der Waals surface area contributed by atoms with Crippen molar-refractivity contribution in [3.8, 4) is 5.75 Å². The third-order valence-electron chi connectivity index (χ3n) is 5.09. The molecule has 2 aromatic carbocycles. The molecule has 3 rings (SSSR count). The van der Waals surface area contributed by atoms with Crippen molar-refractivity contribution in [2.24, 2.45) is 0 Å². The van der Waals surface area contributed by atoms with Gasteiger partial charge >= 0.3 is 0 Å². The summed E-state index contributed by atoms with van der Waals surface area (Å²) >= 11 is 0. The fourth-order valence-corrected chi connectivity index (χ4v) is 5.23. The topological polar surface area (TPSA) is 84.9 Å². The minimum atomic E-state index is -3.64. The van der Waals surface area contributed by atoms with E-state index >= 15 is 0 Å². The highest BCUT2D eigenvalue weighted by atomic mass is 32.2.